The summed E-state index contributed by atoms with van der Waals surface area (Å²) in [6.45, 7) is 5.80. The van der Waals surface area contributed by atoms with Crippen molar-refractivity contribution in [3.63, 3.8) is 0 Å². The van der Waals surface area contributed by atoms with Crippen LogP contribution in [0.5, 0.6) is 0 Å². The van der Waals surface area contributed by atoms with Crippen molar-refractivity contribution in [1.82, 2.24) is 10.2 Å². The highest BCUT2D eigenvalue weighted by Gasteiger charge is 2.37. The molecule has 1 aliphatic rings. The molecule has 1 atom stereocenters. The van der Waals surface area contributed by atoms with Gasteiger partial charge in [0.05, 0.1) is 11.3 Å². The largest absolute Gasteiger partial charge is 0.444 e. The predicted octanol–water partition coefficient (Wildman–Crippen LogP) is 3.91. The van der Waals surface area contributed by atoms with Crippen LogP contribution in [0.25, 0.3) is 0 Å². The number of hydrogen-bond donors (Lipinski definition) is 2. The Hall–Kier alpha value is -1.61. The van der Waals surface area contributed by atoms with E-state index in [1.54, 1.807) is 32.9 Å². The first-order valence-corrected chi connectivity index (χ1v) is 10.1. The smallest absolute Gasteiger partial charge is 0.410 e. The van der Waals surface area contributed by atoms with E-state index in [9.17, 15) is 14.4 Å². The topological polar surface area (TPSA) is 87.7 Å². The standard InChI is InChI=1S/C18H23Br2N3O4/c1-18(2,3)27-17(26)23-7-5-6-13(23)16(25)22-14-11(15(24)21-4)8-10(19)9-12(14)20/h8-9,13H,5-7H2,1-4H3,(H,21,24)(H,22,25). The van der Waals surface area contributed by atoms with Crippen molar-refractivity contribution >= 4 is 55.5 Å². The van der Waals surface area contributed by atoms with Crippen LogP contribution in [0, 0.1) is 0 Å². The molecule has 148 valence electrons. The van der Waals surface area contributed by atoms with Gasteiger partial charge >= 0.3 is 6.09 Å². The van der Waals surface area contributed by atoms with E-state index in [4.69, 9.17) is 4.74 Å². The summed E-state index contributed by atoms with van der Waals surface area (Å²) >= 11 is 6.73. The molecule has 1 aliphatic heterocycles. The van der Waals surface area contributed by atoms with Crippen molar-refractivity contribution in [3.05, 3.63) is 26.6 Å². The fourth-order valence-corrected chi connectivity index (χ4v) is 4.12. The summed E-state index contributed by atoms with van der Waals surface area (Å²) in [6.07, 6.45) is 0.733. The number of likely N-dealkylation sites (tertiary alicyclic amines) is 1. The van der Waals surface area contributed by atoms with Gasteiger partial charge in [0.15, 0.2) is 0 Å². The van der Waals surface area contributed by atoms with Gasteiger partial charge in [-0.05, 0) is 61.7 Å². The Labute approximate surface area is 175 Å². The maximum absolute atomic E-state index is 12.9. The molecule has 2 rings (SSSR count). The molecule has 3 amide bonds. The van der Waals surface area contributed by atoms with E-state index in [2.05, 4.69) is 42.5 Å². The molecular formula is C18H23Br2N3O4. The maximum Gasteiger partial charge on any atom is 0.410 e. The minimum absolute atomic E-state index is 0.314. The molecule has 0 aromatic heterocycles. The van der Waals surface area contributed by atoms with Gasteiger partial charge < -0.3 is 15.4 Å². The van der Waals surface area contributed by atoms with Gasteiger partial charge in [0.25, 0.3) is 5.91 Å². The van der Waals surface area contributed by atoms with E-state index in [0.29, 0.717) is 39.6 Å². The van der Waals surface area contributed by atoms with Crippen LogP contribution in [-0.2, 0) is 9.53 Å². The van der Waals surface area contributed by atoms with Crippen LogP contribution < -0.4 is 10.6 Å². The summed E-state index contributed by atoms with van der Waals surface area (Å²) < 4.78 is 6.66. The molecular weight excluding hydrogens is 482 g/mol. The van der Waals surface area contributed by atoms with Crippen LogP contribution in [0.1, 0.15) is 44.0 Å². The summed E-state index contributed by atoms with van der Waals surface area (Å²) in [7, 11) is 1.52. The van der Waals surface area contributed by atoms with Crippen molar-refractivity contribution in [2.45, 2.75) is 45.3 Å². The molecule has 1 heterocycles. The second-order valence-electron chi connectivity index (χ2n) is 7.21. The average Bonchev–Trinajstić information content (AvgIpc) is 3.04. The molecule has 1 unspecified atom stereocenters. The van der Waals surface area contributed by atoms with Crippen molar-refractivity contribution < 1.29 is 19.1 Å². The van der Waals surface area contributed by atoms with Crippen LogP contribution in [0.15, 0.2) is 21.1 Å². The average molecular weight is 505 g/mol. The third-order valence-electron chi connectivity index (χ3n) is 3.96. The Bertz CT molecular complexity index is 762. The van der Waals surface area contributed by atoms with Gasteiger partial charge in [-0.1, -0.05) is 15.9 Å². The highest BCUT2D eigenvalue weighted by Crippen LogP contribution is 2.32. The van der Waals surface area contributed by atoms with E-state index < -0.39 is 17.7 Å². The van der Waals surface area contributed by atoms with Crippen LogP contribution in [0.3, 0.4) is 0 Å². The van der Waals surface area contributed by atoms with Crippen LogP contribution in [0.4, 0.5) is 10.5 Å². The van der Waals surface area contributed by atoms with Gasteiger partial charge in [0.1, 0.15) is 11.6 Å². The van der Waals surface area contributed by atoms with E-state index in [0.717, 1.165) is 0 Å². The number of ether oxygens (including phenoxy) is 1. The Balaban J connectivity index is 2.24. The number of halogens is 2. The SMILES string of the molecule is CNC(=O)c1cc(Br)cc(Br)c1NC(=O)C1CCCN1C(=O)OC(C)(C)C. The lowest BCUT2D eigenvalue weighted by Gasteiger charge is -2.28. The Kier molecular flexibility index (Phi) is 6.91. The predicted molar refractivity (Wildman–Crippen MR) is 110 cm³/mol. The molecule has 0 aliphatic carbocycles. The molecule has 0 bridgehead atoms. The van der Waals surface area contributed by atoms with Crippen molar-refractivity contribution in [2.24, 2.45) is 0 Å². The normalized spacial score (nSPS) is 16.8. The van der Waals surface area contributed by atoms with Crippen molar-refractivity contribution in [2.75, 3.05) is 18.9 Å². The zero-order valence-electron chi connectivity index (χ0n) is 15.7. The van der Waals surface area contributed by atoms with Gasteiger partial charge in [0.2, 0.25) is 5.91 Å². The van der Waals surface area contributed by atoms with Gasteiger partial charge in [0, 0.05) is 22.5 Å². The minimum atomic E-state index is -0.645. The van der Waals surface area contributed by atoms with Gasteiger partial charge in [-0.3, -0.25) is 14.5 Å². The zero-order chi connectivity index (χ0) is 20.4. The molecule has 0 spiro atoms. The summed E-state index contributed by atoms with van der Waals surface area (Å²) in [5, 5.41) is 5.35. The number of amides is 3. The first-order chi connectivity index (χ1) is 12.5. The second-order valence-corrected chi connectivity index (χ2v) is 8.98. The van der Waals surface area contributed by atoms with E-state index in [1.165, 1.54) is 11.9 Å². The third kappa shape index (κ3) is 5.44. The fourth-order valence-electron chi connectivity index (χ4n) is 2.80. The maximum atomic E-state index is 12.9. The number of nitrogens with zero attached hydrogens (tertiary/aromatic N) is 1. The molecule has 1 saturated heterocycles. The Morgan fingerprint density at radius 3 is 2.48 bits per heavy atom. The third-order valence-corrected chi connectivity index (χ3v) is 5.04. The van der Waals surface area contributed by atoms with Crippen molar-refractivity contribution in [1.29, 1.82) is 0 Å². The number of rotatable bonds is 3. The highest BCUT2D eigenvalue weighted by molar-refractivity contribution is 9.11. The Morgan fingerprint density at radius 2 is 1.89 bits per heavy atom. The number of benzene rings is 1. The number of hydrogen-bond acceptors (Lipinski definition) is 4. The lowest BCUT2D eigenvalue weighted by Crippen LogP contribution is -2.45. The van der Waals surface area contributed by atoms with Crippen LogP contribution in [0.2, 0.25) is 0 Å². The summed E-state index contributed by atoms with van der Waals surface area (Å²) in [5.74, 6) is -0.686. The molecule has 2 N–H and O–H groups in total. The molecule has 0 saturated carbocycles. The molecule has 27 heavy (non-hydrogen) atoms. The van der Waals surface area contributed by atoms with E-state index in [-0.39, 0.29) is 11.8 Å². The fraction of sp³-hybridized carbons (Fsp3) is 0.500. The van der Waals surface area contributed by atoms with E-state index in [1.807, 2.05) is 0 Å². The first kappa shape index (κ1) is 21.7. The highest BCUT2D eigenvalue weighted by atomic mass is 79.9. The van der Waals surface area contributed by atoms with Gasteiger partial charge in [-0.15, -0.1) is 0 Å². The van der Waals surface area contributed by atoms with E-state index >= 15 is 0 Å². The lowest BCUT2D eigenvalue weighted by molar-refractivity contribution is -0.120. The van der Waals surface area contributed by atoms with Crippen molar-refractivity contribution in [3.8, 4) is 0 Å². The van der Waals surface area contributed by atoms with Gasteiger partial charge in [-0.25, -0.2) is 4.79 Å². The summed E-state index contributed by atoms with van der Waals surface area (Å²) in [5.41, 5.74) is 0.0365. The molecule has 9 heteroatoms. The van der Waals surface area contributed by atoms with Crippen LogP contribution in [-0.4, -0.2) is 48.0 Å². The Morgan fingerprint density at radius 1 is 1.22 bits per heavy atom. The minimum Gasteiger partial charge on any atom is -0.444 e. The second kappa shape index (κ2) is 8.60. The zero-order valence-corrected chi connectivity index (χ0v) is 18.9. The van der Waals surface area contributed by atoms with Gasteiger partial charge in [-0.2, -0.15) is 0 Å². The summed E-state index contributed by atoms with van der Waals surface area (Å²) in [6, 6.07) is 2.72. The quantitative estimate of drug-likeness (QED) is 0.653. The number of anilines is 1. The molecule has 1 aromatic rings. The molecule has 1 aromatic carbocycles. The number of nitrogens with one attached hydrogen (secondary N) is 2. The summed E-state index contributed by atoms with van der Waals surface area (Å²) in [4.78, 5) is 38.9. The molecule has 0 radical (unpaired) electrons. The number of carbonyl (C=O) groups excluding carboxylic acids is 3. The molecule has 1 fully saturated rings. The molecule has 7 nitrogen and oxygen atoms in total. The van der Waals surface area contributed by atoms with Crippen LogP contribution >= 0.6 is 31.9 Å². The number of carbonyl (C=O) groups is 3. The monoisotopic (exact) mass is 503 g/mol. The lowest BCUT2D eigenvalue weighted by atomic mass is 10.1. The first-order valence-electron chi connectivity index (χ1n) is 8.55.